The maximum absolute atomic E-state index is 14.0. The Labute approximate surface area is 294 Å². The van der Waals surface area contributed by atoms with Crippen LogP contribution in [-0.4, -0.2) is 48.9 Å². The quantitative estimate of drug-likeness (QED) is 0.126. The number of nitrogens with one attached hydrogen (secondary N) is 1. The summed E-state index contributed by atoms with van der Waals surface area (Å²) in [6, 6.07) is 20.6. The van der Waals surface area contributed by atoms with Crippen molar-refractivity contribution in [3.8, 4) is 11.5 Å². The van der Waals surface area contributed by atoms with Crippen LogP contribution in [0.15, 0.2) is 96.1 Å². The molecule has 1 N–H and O–H groups in total. The number of carbonyl (C=O) groups excluding carboxylic acids is 2. The van der Waals surface area contributed by atoms with Crippen LogP contribution in [0.25, 0.3) is 12.2 Å². The number of piperidine rings is 1. The van der Waals surface area contributed by atoms with Gasteiger partial charge in [0.2, 0.25) is 0 Å². The number of hydrogen-bond donors (Lipinski definition) is 1. The zero-order chi connectivity index (χ0) is 35.7. The van der Waals surface area contributed by atoms with Crippen LogP contribution in [-0.2, 0) is 11.4 Å². The van der Waals surface area contributed by atoms with E-state index in [2.05, 4.69) is 10.2 Å². The van der Waals surface area contributed by atoms with Gasteiger partial charge in [-0.2, -0.15) is 0 Å². The molecule has 0 bridgehead atoms. The molecule has 2 fully saturated rings. The first-order valence-electron chi connectivity index (χ1n) is 17.0. The second kappa shape index (κ2) is 16.7. The van der Waals surface area contributed by atoms with Crippen molar-refractivity contribution in [2.24, 2.45) is 0 Å². The van der Waals surface area contributed by atoms with Crippen LogP contribution in [0.1, 0.15) is 59.2 Å². The smallest absolute Gasteiger partial charge is 0.251 e. The molecule has 0 aromatic heterocycles. The lowest BCUT2D eigenvalue weighted by molar-refractivity contribution is -0.113. The zero-order valence-corrected chi connectivity index (χ0v) is 28.0. The molecule has 0 atom stereocenters. The molecule has 1 heterocycles. The predicted molar refractivity (Wildman–Crippen MR) is 187 cm³/mol. The van der Waals surface area contributed by atoms with E-state index >= 15 is 0 Å². The molecule has 0 spiro atoms. The summed E-state index contributed by atoms with van der Waals surface area (Å²) in [5, 5.41) is 2.99. The monoisotopic (exact) mass is 698 g/mol. The standard InChI is InChI=1S/C41H38F4N2O4/c42-34-12-9-28(21-36(34)44)19-31-23-33(24-32(40(31)48)20-29-10-13-35(43)37(45)22-29)46-41(49)30-11-14-38(50-18-17-47-15-5-2-6-16-47)39(25-30)51-26-27-7-3-1-4-8-27/h1,3-4,7-14,19-22,25,33H,2,5-6,15-18,23-24,26H2,(H,46,49)/b31-19+,32-20+. The highest BCUT2D eigenvalue weighted by Gasteiger charge is 2.29. The van der Waals surface area contributed by atoms with Gasteiger partial charge in [0.15, 0.2) is 40.6 Å². The molecule has 1 saturated carbocycles. The molecule has 0 radical (unpaired) electrons. The van der Waals surface area contributed by atoms with E-state index in [-0.39, 0.29) is 41.7 Å². The van der Waals surface area contributed by atoms with E-state index < -0.39 is 41.0 Å². The second-order valence-electron chi connectivity index (χ2n) is 12.8. The average molecular weight is 699 g/mol. The van der Waals surface area contributed by atoms with E-state index in [9.17, 15) is 27.2 Å². The van der Waals surface area contributed by atoms with Gasteiger partial charge in [0.1, 0.15) is 13.2 Å². The highest BCUT2D eigenvalue weighted by atomic mass is 19.2. The lowest BCUT2D eigenvalue weighted by Crippen LogP contribution is -2.39. The number of likely N-dealkylation sites (tertiary alicyclic amines) is 1. The van der Waals surface area contributed by atoms with Crippen LogP contribution in [0.5, 0.6) is 11.5 Å². The van der Waals surface area contributed by atoms with Gasteiger partial charge in [-0.15, -0.1) is 0 Å². The molecular formula is C41H38F4N2O4. The van der Waals surface area contributed by atoms with Gasteiger partial charge in [-0.3, -0.25) is 14.5 Å². The van der Waals surface area contributed by atoms with Crippen molar-refractivity contribution in [3.05, 3.63) is 142 Å². The summed E-state index contributed by atoms with van der Waals surface area (Å²) in [6.07, 6.45) is 6.65. The molecule has 0 unspecified atom stereocenters. The Morgan fingerprint density at radius 1 is 0.725 bits per heavy atom. The summed E-state index contributed by atoms with van der Waals surface area (Å²) in [7, 11) is 0. The highest BCUT2D eigenvalue weighted by Crippen LogP contribution is 2.32. The topological polar surface area (TPSA) is 67.9 Å². The third-order valence-electron chi connectivity index (χ3n) is 8.98. The van der Waals surface area contributed by atoms with Crippen molar-refractivity contribution in [1.82, 2.24) is 10.2 Å². The molecule has 4 aromatic carbocycles. The first-order chi connectivity index (χ1) is 24.7. The average Bonchev–Trinajstić information content (AvgIpc) is 3.13. The van der Waals surface area contributed by atoms with Gasteiger partial charge in [0.05, 0.1) is 0 Å². The van der Waals surface area contributed by atoms with Crippen molar-refractivity contribution < 1.29 is 36.6 Å². The van der Waals surface area contributed by atoms with Gasteiger partial charge < -0.3 is 14.8 Å². The highest BCUT2D eigenvalue weighted by molar-refractivity contribution is 6.14. The largest absolute Gasteiger partial charge is 0.488 e. The minimum atomic E-state index is -1.07. The van der Waals surface area contributed by atoms with E-state index in [1.807, 2.05) is 30.3 Å². The minimum absolute atomic E-state index is 0.0910. The Morgan fingerprint density at radius 2 is 1.35 bits per heavy atom. The first kappa shape index (κ1) is 35.6. The number of Topliss-reactive ketones (excluding diaryl/α,β-unsaturated/α-hetero) is 1. The van der Waals surface area contributed by atoms with Gasteiger partial charge in [-0.25, -0.2) is 17.6 Å². The number of hydrogen-bond acceptors (Lipinski definition) is 5. The Morgan fingerprint density at radius 3 is 1.96 bits per heavy atom. The number of halogens is 4. The summed E-state index contributed by atoms with van der Waals surface area (Å²) >= 11 is 0. The molecule has 1 saturated heterocycles. The molecule has 10 heteroatoms. The number of benzene rings is 4. The molecular weight excluding hydrogens is 660 g/mol. The van der Waals surface area contributed by atoms with Crippen LogP contribution in [0.4, 0.5) is 17.6 Å². The van der Waals surface area contributed by atoms with E-state index in [0.29, 0.717) is 23.7 Å². The van der Waals surface area contributed by atoms with Gasteiger partial charge in [0.25, 0.3) is 5.91 Å². The maximum atomic E-state index is 14.0. The lowest BCUT2D eigenvalue weighted by Gasteiger charge is -2.27. The predicted octanol–water partition coefficient (Wildman–Crippen LogP) is 8.32. The number of ketones is 1. The van der Waals surface area contributed by atoms with Gasteiger partial charge in [-0.1, -0.05) is 48.9 Å². The van der Waals surface area contributed by atoms with E-state index in [0.717, 1.165) is 49.5 Å². The van der Waals surface area contributed by atoms with Crippen LogP contribution in [0.2, 0.25) is 0 Å². The third-order valence-corrected chi connectivity index (χ3v) is 8.98. The van der Waals surface area contributed by atoms with Crippen molar-refractivity contribution >= 4 is 23.8 Å². The van der Waals surface area contributed by atoms with Gasteiger partial charge in [-0.05, 0) is 110 Å². The van der Waals surface area contributed by atoms with Crippen LogP contribution in [0, 0.1) is 23.3 Å². The summed E-state index contributed by atoms with van der Waals surface area (Å²) in [5.74, 6) is -4.12. The zero-order valence-electron chi connectivity index (χ0n) is 28.0. The first-order valence-corrected chi connectivity index (χ1v) is 17.0. The maximum Gasteiger partial charge on any atom is 0.251 e. The Kier molecular flexibility index (Phi) is 11.6. The molecule has 1 amide bonds. The fourth-order valence-corrected chi connectivity index (χ4v) is 6.31. The van der Waals surface area contributed by atoms with E-state index in [4.69, 9.17) is 9.47 Å². The van der Waals surface area contributed by atoms with Crippen LogP contribution in [0.3, 0.4) is 0 Å². The van der Waals surface area contributed by atoms with E-state index in [1.54, 1.807) is 18.2 Å². The number of carbonyl (C=O) groups is 2. The molecule has 6 nitrogen and oxygen atoms in total. The Bertz CT molecular complexity index is 1870. The molecule has 264 valence electrons. The lowest BCUT2D eigenvalue weighted by atomic mass is 9.83. The number of ether oxygens (including phenoxy) is 2. The number of rotatable bonds is 11. The fourth-order valence-electron chi connectivity index (χ4n) is 6.31. The second-order valence-corrected chi connectivity index (χ2v) is 12.8. The summed E-state index contributed by atoms with van der Waals surface area (Å²) < 4.78 is 67.6. The summed E-state index contributed by atoms with van der Waals surface area (Å²) in [5.41, 5.74) is 2.22. The Hall–Kier alpha value is -5.22. The van der Waals surface area contributed by atoms with Crippen molar-refractivity contribution in [3.63, 3.8) is 0 Å². The van der Waals surface area contributed by atoms with E-state index in [1.165, 1.54) is 43.5 Å². The Balaban J connectivity index is 1.23. The normalized spacial score (nSPS) is 18.2. The minimum Gasteiger partial charge on any atom is -0.488 e. The molecule has 2 aliphatic rings. The van der Waals surface area contributed by atoms with Crippen LogP contribution < -0.4 is 14.8 Å². The molecule has 1 aliphatic heterocycles. The number of nitrogens with zero attached hydrogens (tertiary/aromatic N) is 1. The molecule has 4 aromatic rings. The summed E-state index contributed by atoms with van der Waals surface area (Å²) in [4.78, 5) is 29.7. The molecule has 6 rings (SSSR count). The molecule has 1 aliphatic carbocycles. The van der Waals surface area contributed by atoms with Crippen molar-refractivity contribution in [2.75, 3.05) is 26.2 Å². The summed E-state index contributed by atoms with van der Waals surface area (Å²) in [6.45, 7) is 3.59. The van der Waals surface area contributed by atoms with Crippen LogP contribution >= 0.6 is 0 Å². The van der Waals surface area contributed by atoms with Crippen molar-refractivity contribution in [2.45, 2.75) is 44.8 Å². The molecule has 51 heavy (non-hydrogen) atoms. The SMILES string of the molecule is O=C1/C(=C/c2ccc(F)c(F)c2)CC(NC(=O)c2ccc(OCCN3CCCCC3)c(OCc3ccccc3)c2)C/C1=C\c1ccc(F)c(F)c1. The third kappa shape index (κ3) is 9.52. The van der Waals surface area contributed by atoms with Crippen molar-refractivity contribution in [1.29, 1.82) is 0 Å². The number of amides is 1. The van der Waals surface area contributed by atoms with Gasteiger partial charge in [0, 0.05) is 29.3 Å². The fraction of sp³-hybridized carbons (Fsp3) is 0.268. The van der Waals surface area contributed by atoms with Gasteiger partial charge >= 0.3 is 0 Å².